The maximum Gasteiger partial charge on any atom is 0.343 e. The molecule has 1 aromatic carbocycles. The fraction of sp³-hybridized carbons (Fsp3) is 0.278. The number of aromatic nitrogens is 1. The molecule has 0 unspecified atom stereocenters. The second-order valence-corrected chi connectivity index (χ2v) is 6.37. The predicted molar refractivity (Wildman–Crippen MR) is 98.5 cm³/mol. The average Bonchev–Trinajstić information content (AvgIpc) is 2.60. The van der Waals surface area contributed by atoms with Crippen molar-refractivity contribution in [2.75, 3.05) is 18.5 Å². The number of benzene rings is 1. The number of ketones is 1. The number of carbonyl (C=O) groups excluding carboxylic acids is 2. The monoisotopic (exact) mass is 416 g/mol. The summed E-state index contributed by atoms with van der Waals surface area (Å²) >= 11 is 11.8. The minimum atomic E-state index is -0.814. The topological polar surface area (TPSA) is 68.3 Å². The summed E-state index contributed by atoms with van der Waals surface area (Å²) in [6, 6.07) is 3.27. The molecule has 0 bridgehead atoms. The second-order valence-electron chi connectivity index (χ2n) is 5.58. The van der Waals surface area contributed by atoms with Crippen LogP contribution < -0.4 is 5.32 Å². The third-order valence-electron chi connectivity index (χ3n) is 3.54. The fourth-order valence-electron chi connectivity index (χ4n) is 2.33. The third kappa shape index (κ3) is 5.14. The van der Waals surface area contributed by atoms with Crippen LogP contribution in [-0.4, -0.2) is 29.9 Å². The highest BCUT2D eigenvalue weighted by molar-refractivity contribution is 6.34. The fourth-order valence-corrected chi connectivity index (χ4v) is 2.88. The van der Waals surface area contributed by atoms with E-state index in [4.69, 9.17) is 27.9 Å². The Hall–Kier alpha value is -2.25. The van der Waals surface area contributed by atoms with Gasteiger partial charge in [-0.3, -0.25) is 4.79 Å². The normalized spacial score (nSPS) is 10.6. The minimum Gasteiger partial charge on any atom is -0.462 e. The van der Waals surface area contributed by atoms with Crippen LogP contribution in [0.1, 0.15) is 28.5 Å². The molecule has 0 aliphatic heterocycles. The number of aryl methyl sites for hydroxylation is 1. The van der Waals surface area contributed by atoms with E-state index in [1.54, 1.807) is 13.8 Å². The zero-order chi connectivity index (χ0) is 20.1. The lowest BCUT2D eigenvalue weighted by Gasteiger charge is -2.13. The van der Waals surface area contributed by atoms with E-state index >= 15 is 0 Å². The molecule has 0 aliphatic carbocycles. The number of esters is 1. The first-order valence-electron chi connectivity index (χ1n) is 7.96. The molecular formula is C18H16Cl2F2N2O3. The summed E-state index contributed by atoms with van der Waals surface area (Å²) < 4.78 is 32.2. The van der Waals surface area contributed by atoms with Crippen molar-refractivity contribution >= 4 is 40.8 Å². The molecule has 0 spiro atoms. The summed E-state index contributed by atoms with van der Waals surface area (Å²) in [5.41, 5.74) is 0.276. The number of ether oxygens (including phenoxy) is 1. The number of Topliss-reactive ketones (excluding diaryl/α,β-unsaturated/α-hetero) is 1. The quantitative estimate of drug-likeness (QED) is 0.535. The summed E-state index contributed by atoms with van der Waals surface area (Å²) in [6.45, 7) is 3.14. The summed E-state index contributed by atoms with van der Waals surface area (Å²) in [5, 5.41) is 2.39. The van der Waals surface area contributed by atoms with Crippen LogP contribution in [0.5, 0.6) is 0 Å². The number of nitrogens with zero attached hydrogens (tertiary/aromatic N) is 1. The van der Waals surface area contributed by atoms with Crippen LogP contribution >= 0.6 is 23.2 Å². The molecule has 0 fully saturated rings. The Balaban J connectivity index is 2.18. The molecule has 0 amide bonds. The molecule has 0 saturated carbocycles. The van der Waals surface area contributed by atoms with Crippen molar-refractivity contribution in [1.29, 1.82) is 0 Å². The first-order valence-corrected chi connectivity index (χ1v) is 8.72. The van der Waals surface area contributed by atoms with E-state index in [1.807, 2.05) is 0 Å². The Morgan fingerprint density at radius 1 is 1.22 bits per heavy atom. The Morgan fingerprint density at radius 2 is 1.89 bits per heavy atom. The molecule has 0 radical (unpaired) electrons. The number of pyridine rings is 1. The van der Waals surface area contributed by atoms with Crippen LogP contribution in [-0.2, 0) is 16.0 Å². The number of rotatable bonds is 7. The molecule has 0 aliphatic rings. The lowest BCUT2D eigenvalue weighted by atomic mass is 10.1. The van der Waals surface area contributed by atoms with Crippen molar-refractivity contribution in [3.63, 3.8) is 0 Å². The van der Waals surface area contributed by atoms with Crippen molar-refractivity contribution in [1.82, 2.24) is 4.98 Å². The molecule has 9 heteroatoms. The van der Waals surface area contributed by atoms with Gasteiger partial charge in [-0.05, 0) is 32.0 Å². The number of hydrogen-bond donors (Lipinski definition) is 1. The number of carbonyl (C=O) groups is 2. The Kier molecular flexibility index (Phi) is 7.10. The second kappa shape index (κ2) is 9.10. The van der Waals surface area contributed by atoms with Gasteiger partial charge in [0, 0.05) is 17.7 Å². The van der Waals surface area contributed by atoms with Crippen molar-refractivity contribution < 1.29 is 23.1 Å². The van der Waals surface area contributed by atoms with Gasteiger partial charge in [0.2, 0.25) is 0 Å². The van der Waals surface area contributed by atoms with E-state index < -0.39 is 34.8 Å². The summed E-state index contributed by atoms with van der Waals surface area (Å²) in [4.78, 5) is 28.4. The number of hydrogen-bond acceptors (Lipinski definition) is 5. The highest BCUT2D eigenvalue weighted by Crippen LogP contribution is 2.26. The van der Waals surface area contributed by atoms with E-state index in [0.29, 0.717) is 5.69 Å². The van der Waals surface area contributed by atoms with Crippen molar-refractivity contribution in [2.45, 2.75) is 20.3 Å². The highest BCUT2D eigenvalue weighted by Gasteiger charge is 2.21. The Bertz CT molecular complexity index is 891. The van der Waals surface area contributed by atoms with Gasteiger partial charge >= 0.3 is 5.97 Å². The molecule has 2 rings (SSSR count). The number of halogens is 4. The molecule has 1 N–H and O–H groups in total. The van der Waals surface area contributed by atoms with E-state index in [0.717, 1.165) is 12.1 Å². The van der Waals surface area contributed by atoms with Gasteiger partial charge in [-0.25, -0.2) is 18.6 Å². The van der Waals surface area contributed by atoms with E-state index in [9.17, 15) is 18.4 Å². The van der Waals surface area contributed by atoms with Gasteiger partial charge in [-0.1, -0.05) is 23.2 Å². The average molecular weight is 417 g/mol. The maximum atomic E-state index is 13.8. The number of nitrogens with one attached hydrogen (secondary N) is 1. The standard InChI is InChI=1S/C18H16Cl2F2N2O3/c1-3-27-18(26)15-12(19)6-9(2)24-17(15)23-8-10(25)7-11-13(21)4-5-14(22)16(11)20/h4-6H,3,7-8H2,1-2H3,(H,23,24). The van der Waals surface area contributed by atoms with Crippen LogP contribution in [0.25, 0.3) is 0 Å². The van der Waals surface area contributed by atoms with Crippen LogP contribution in [0.15, 0.2) is 18.2 Å². The molecule has 2 aromatic rings. The predicted octanol–water partition coefficient (Wildman–Crippen LogP) is 4.38. The molecule has 27 heavy (non-hydrogen) atoms. The molecule has 5 nitrogen and oxygen atoms in total. The van der Waals surface area contributed by atoms with Crippen molar-refractivity contribution in [2.24, 2.45) is 0 Å². The van der Waals surface area contributed by atoms with Gasteiger partial charge in [0.05, 0.1) is 23.2 Å². The van der Waals surface area contributed by atoms with E-state index in [2.05, 4.69) is 10.3 Å². The van der Waals surface area contributed by atoms with Crippen LogP contribution in [0, 0.1) is 18.6 Å². The lowest BCUT2D eigenvalue weighted by Crippen LogP contribution is -2.20. The van der Waals surface area contributed by atoms with Crippen molar-refractivity contribution in [3.8, 4) is 0 Å². The molecule has 0 atom stereocenters. The van der Waals surface area contributed by atoms with Gasteiger partial charge in [0.15, 0.2) is 5.78 Å². The summed E-state index contributed by atoms with van der Waals surface area (Å²) in [5.74, 6) is -2.71. The molecule has 0 saturated heterocycles. The van der Waals surface area contributed by atoms with Gasteiger partial charge in [-0.2, -0.15) is 0 Å². The molecule has 144 valence electrons. The van der Waals surface area contributed by atoms with E-state index in [1.165, 1.54) is 6.07 Å². The van der Waals surface area contributed by atoms with E-state index in [-0.39, 0.29) is 35.1 Å². The molecule has 1 heterocycles. The van der Waals surface area contributed by atoms with Crippen LogP contribution in [0.2, 0.25) is 10.0 Å². The Morgan fingerprint density at radius 3 is 2.56 bits per heavy atom. The SMILES string of the molecule is CCOC(=O)c1c(Cl)cc(C)nc1NCC(=O)Cc1c(F)ccc(F)c1Cl. The van der Waals surface area contributed by atoms with Gasteiger partial charge in [-0.15, -0.1) is 0 Å². The third-order valence-corrected chi connectivity index (χ3v) is 4.25. The van der Waals surface area contributed by atoms with Gasteiger partial charge in [0.25, 0.3) is 0 Å². The zero-order valence-electron chi connectivity index (χ0n) is 14.5. The molecular weight excluding hydrogens is 401 g/mol. The smallest absolute Gasteiger partial charge is 0.343 e. The van der Waals surface area contributed by atoms with Crippen LogP contribution in [0.4, 0.5) is 14.6 Å². The minimum absolute atomic E-state index is 0.00751. The lowest BCUT2D eigenvalue weighted by molar-refractivity contribution is -0.116. The maximum absolute atomic E-state index is 13.8. The summed E-state index contributed by atoms with van der Waals surface area (Å²) in [6.07, 6.45) is -0.427. The first-order chi connectivity index (χ1) is 12.7. The van der Waals surface area contributed by atoms with Crippen molar-refractivity contribution in [3.05, 3.63) is 56.7 Å². The van der Waals surface area contributed by atoms with Gasteiger partial charge < -0.3 is 10.1 Å². The highest BCUT2D eigenvalue weighted by atomic mass is 35.5. The molecule has 1 aromatic heterocycles. The Labute approximate surface area is 164 Å². The largest absolute Gasteiger partial charge is 0.462 e. The first kappa shape index (κ1) is 21.1. The zero-order valence-corrected chi connectivity index (χ0v) is 16.0. The number of anilines is 1. The summed E-state index contributed by atoms with van der Waals surface area (Å²) in [7, 11) is 0. The van der Waals surface area contributed by atoms with Crippen LogP contribution in [0.3, 0.4) is 0 Å². The van der Waals surface area contributed by atoms with Gasteiger partial charge in [0.1, 0.15) is 23.0 Å².